The SMILES string of the molecule is CC[C@H](C)c1ccc2oc(-c3ccc(Cl)c(NC(=O)c4cccc5c(Cl)cccc45)c3)nc2c1. The van der Waals surface area contributed by atoms with Crippen molar-refractivity contribution < 1.29 is 9.21 Å². The molecule has 1 heterocycles. The molecule has 6 heteroatoms. The quantitative estimate of drug-likeness (QED) is 0.269. The van der Waals surface area contributed by atoms with Crippen LogP contribution in [0.1, 0.15) is 42.1 Å². The predicted octanol–water partition coefficient (Wildman–Crippen LogP) is 8.72. The van der Waals surface area contributed by atoms with Crippen LogP contribution in [0.2, 0.25) is 10.0 Å². The number of aromatic nitrogens is 1. The second-order valence-corrected chi connectivity index (χ2v) is 9.16. The first-order valence-corrected chi connectivity index (χ1v) is 11.9. The molecule has 0 saturated heterocycles. The summed E-state index contributed by atoms with van der Waals surface area (Å²) in [4.78, 5) is 17.8. The van der Waals surface area contributed by atoms with Gasteiger partial charge in [0.15, 0.2) is 5.58 Å². The van der Waals surface area contributed by atoms with Crippen LogP contribution in [0.3, 0.4) is 0 Å². The first-order valence-electron chi connectivity index (χ1n) is 11.1. The second kappa shape index (κ2) is 9.13. The molecule has 5 aromatic rings. The van der Waals surface area contributed by atoms with Crippen LogP contribution >= 0.6 is 23.2 Å². The summed E-state index contributed by atoms with van der Waals surface area (Å²) < 4.78 is 6.00. The molecule has 0 aliphatic rings. The highest BCUT2D eigenvalue weighted by molar-refractivity contribution is 6.36. The van der Waals surface area contributed by atoms with E-state index in [9.17, 15) is 4.79 Å². The molecule has 1 N–H and O–H groups in total. The molecule has 5 rings (SSSR count). The maximum Gasteiger partial charge on any atom is 0.256 e. The van der Waals surface area contributed by atoms with Gasteiger partial charge in [-0.2, -0.15) is 0 Å². The number of oxazole rings is 1. The molecule has 0 spiro atoms. The second-order valence-electron chi connectivity index (χ2n) is 8.34. The van der Waals surface area contributed by atoms with Gasteiger partial charge < -0.3 is 9.73 Å². The van der Waals surface area contributed by atoms with E-state index in [1.807, 2.05) is 36.4 Å². The maximum atomic E-state index is 13.2. The number of nitrogens with zero attached hydrogens (tertiary/aromatic N) is 1. The Bertz CT molecular complexity index is 1540. The van der Waals surface area contributed by atoms with E-state index in [0.29, 0.717) is 33.1 Å². The zero-order valence-electron chi connectivity index (χ0n) is 18.7. The van der Waals surface area contributed by atoms with E-state index < -0.39 is 0 Å². The van der Waals surface area contributed by atoms with Crippen LogP contribution in [0, 0.1) is 0 Å². The first-order chi connectivity index (χ1) is 16.4. The van der Waals surface area contributed by atoms with Gasteiger partial charge in [-0.05, 0) is 65.8 Å². The lowest BCUT2D eigenvalue weighted by Crippen LogP contribution is -2.12. The molecule has 0 aliphatic carbocycles. The Balaban J connectivity index is 1.48. The molecular formula is C28H22Cl2N2O2. The van der Waals surface area contributed by atoms with E-state index in [1.165, 1.54) is 5.56 Å². The number of amides is 1. The molecule has 4 aromatic carbocycles. The summed E-state index contributed by atoms with van der Waals surface area (Å²) in [6.07, 6.45) is 1.05. The molecule has 0 aliphatic heterocycles. The zero-order chi connectivity index (χ0) is 23.8. The molecule has 1 amide bonds. The smallest absolute Gasteiger partial charge is 0.256 e. The van der Waals surface area contributed by atoms with Crippen molar-refractivity contribution in [1.29, 1.82) is 0 Å². The zero-order valence-corrected chi connectivity index (χ0v) is 20.2. The molecule has 0 radical (unpaired) electrons. The van der Waals surface area contributed by atoms with Crippen LogP contribution in [0.25, 0.3) is 33.3 Å². The Morgan fingerprint density at radius 1 is 0.971 bits per heavy atom. The average molecular weight is 489 g/mol. The molecule has 0 saturated carbocycles. The number of benzene rings is 4. The fraction of sp³-hybridized carbons (Fsp3) is 0.143. The third-order valence-electron chi connectivity index (χ3n) is 6.17. The van der Waals surface area contributed by atoms with Crippen molar-refractivity contribution in [2.24, 2.45) is 0 Å². The largest absolute Gasteiger partial charge is 0.436 e. The molecule has 4 nitrogen and oxygen atoms in total. The van der Waals surface area contributed by atoms with E-state index in [0.717, 1.165) is 33.9 Å². The van der Waals surface area contributed by atoms with Crippen molar-refractivity contribution in [3.05, 3.63) is 94.0 Å². The number of hydrogen-bond donors (Lipinski definition) is 1. The van der Waals surface area contributed by atoms with Gasteiger partial charge in [-0.25, -0.2) is 4.98 Å². The monoisotopic (exact) mass is 488 g/mol. The molecule has 1 atom stereocenters. The lowest BCUT2D eigenvalue weighted by molar-refractivity contribution is 0.102. The predicted molar refractivity (Wildman–Crippen MR) is 140 cm³/mol. The summed E-state index contributed by atoms with van der Waals surface area (Å²) in [5.74, 6) is 0.647. The molecule has 170 valence electrons. The van der Waals surface area contributed by atoms with E-state index in [-0.39, 0.29) is 5.91 Å². The van der Waals surface area contributed by atoms with Gasteiger partial charge in [0.1, 0.15) is 5.52 Å². The van der Waals surface area contributed by atoms with Crippen LogP contribution in [0.4, 0.5) is 5.69 Å². The van der Waals surface area contributed by atoms with Crippen molar-refractivity contribution >= 4 is 56.7 Å². The van der Waals surface area contributed by atoms with Gasteiger partial charge >= 0.3 is 0 Å². The Labute approximate surface area is 207 Å². The van der Waals surface area contributed by atoms with Crippen LogP contribution in [-0.2, 0) is 0 Å². The number of carbonyl (C=O) groups is 1. The van der Waals surface area contributed by atoms with Crippen LogP contribution in [0.5, 0.6) is 0 Å². The third-order valence-corrected chi connectivity index (χ3v) is 6.83. The van der Waals surface area contributed by atoms with Gasteiger partial charge in [0.05, 0.1) is 10.7 Å². The average Bonchev–Trinajstić information content (AvgIpc) is 3.28. The van der Waals surface area contributed by atoms with Crippen LogP contribution in [-0.4, -0.2) is 10.9 Å². The number of anilines is 1. The number of nitrogens with one attached hydrogen (secondary N) is 1. The number of rotatable bonds is 5. The third kappa shape index (κ3) is 4.15. The first kappa shape index (κ1) is 22.5. The highest BCUT2D eigenvalue weighted by Crippen LogP contribution is 2.33. The fourth-order valence-corrected chi connectivity index (χ4v) is 4.43. The van der Waals surface area contributed by atoms with Gasteiger partial charge in [0.2, 0.25) is 5.89 Å². The maximum absolute atomic E-state index is 13.2. The van der Waals surface area contributed by atoms with Gasteiger partial charge in [0, 0.05) is 21.5 Å². The number of hydrogen-bond acceptors (Lipinski definition) is 3. The highest BCUT2D eigenvalue weighted by Gasteiger charge is 2.16. The minimum atomic E-state index is -0.275. The topological polar surface area (TPSA) is 55.1 Å². The normalized spacial score (nSPS) is 12.2. The summed E-state index contributed by atoms with van der Waals surface area (Å²) in [7, 11) is 0. The molecule has 34 heavy (non-hydrogen) atoms. The van der Waals surface area contributed by atoms with Crippen molar-refractivity contribution in [3.8, 4) is 11.5 Å². The number of fused-ring (bicyclic) bond motifs is 2. The standard InChI is InChI=1S/C28H22Cl2N2O2/c1-3-16(2)17-11-13-26-25(14-17)32-28(34-26)18-10-12-23(30)24(15-18)31-27(33)21-8-4-7-20-19(21)6-5-9-22(20)29/h4-16H,3H2,1-2H3,(H,31,33)/t16-/m0/s1. The van der Waals surface area contributed by atoms with E-state index in [1.54, 1.807) is 24.3 Å². The molecule has 0 fully saturated rings. The number of carbonyl (C=O) groups excluding carboxylic acids is 1. The van der Waals surface area contributed by atoms with Crippen LogP contribution < -0.4 is 5.32 Å². The van der Waals surface area contributed by atoms with E-state index in [4.69, 9.17) is 27.6 Å². The molecular weight excluding hydrogens is 467 g/mol. The molecule has 0 unspecified atom stereocenters. The minimum Gasteiger partial charge on any atom is -0.436 e. The van der Waals surface area contributed by atoms with Crippen molar-refractivity contribution in [3.63, 3.8) is 0 Å². The van der Waals surface area contributed by atoms with Gasteiger partial charge in [-0.1, -0.05) is 67.4 Å². The van der Waals surface area contributed by atoms with Gasteiger partial charge in [-0.15, -0.1) is 0 Å². The Morgan fingerprint density at radius 3 is 2.59 bits per heavy atom. The van der Waals surface area contributed by atoms with Crippen molar-refractivity contribution in [2.75, 3.05) is 5.32 Å². The minimum absolute atomic E-state index is 0.275. The summed E-state index contributed by atoms with van der Waals surface area (Å²) in [6.45, 7) is 4.36. The van der Waals surface area contributed by atoms with E-state index in [2.05, 4.69) is 36.3 Å². The van der Waals surface area contributed by atoms with Gasteiger partial charge in [-0.3, -0.25) is 4.79 Å². The highest BCUT2D eigenvalue weighted by atomic mass is 35.5. The fourth-order valence-electron chi connectivity index (χ4n) is 4.02. The lowest BCUT2D eigenvalue weighted by Gasteiger charge is -2.11. The summed E-state index contributed by atoms with van der Waals surface area (Å²) in [6, 6.07) is 22.4. The lowest BCUT2D eigenvalue weighted by atomic mass is 9.98. The number of halogens is 2. The van der Waals surface area contributed by atoms with E-state index >= 15 is 0 Å². The summed E-state index contributed by atoms with van der Waals surface area (Å²) >= 11 is 12.7. The Kier molecular flexibility index (Phi) is 6.03. The Morgan fingerprint density at radius 2 is 1.76 bits per heavy atom. The molecule has 1 aromatic heterocycles. The van der Waals surface area contributed by atoms with Crippen molar-refractivity contribution in [2.45, 2.75) is 26.2 Å². The molecule has 0 bridgehead atoms. The summed E-state index contributed by atoms with van der Waals surface area (Å²) in [5, 5.41) is 5.54. The van der Waals surface area contributed by atoms with Gasteiger partial charge in [0.25, 0.3) is 5.91 Å². The Hall–Kier alpha value is -3.34. The van der Waals surface area contributed by atoms with Crippen molar-refractivity contribution in [1.82, 2.24) is 4.98 Å². The summed E-state index contributed by atoms with van der Waals surface area (Å²) in [5.41, 5.74) is 4.47. The van der Waals surface area contributed by atoms with Crippen LogP contribution in [0.15, 0.2) is 77.2 Å².